The van der Waals surface area contributed by atoms with Crippen LogP contribution >= 0.6 is 35.3 Å². The van der Waals surface area contributed by atoms with Gasteiger partial charge in [0.1, 0.15) is 5.88 Å². The monoisotopic (exact) mass is 238 g/mol. The van der Waals surface area contributed by atoms with Crippen LogP contribution in [0.15, 0.2) is 33.6 Å². The van der Waals surface area contributed by atoms with Gasteiger partial charge in [-0.05, 0) is 24.4 Å². The fourth-order valence-corrected chi connectivity index (χ4v) is 2.94. The first-order chi connectivity index (χ1) is 6.90. The van der Waals surface area contributed by atoms with Gasteiger partial charge in [-0.2, -0.15) is 0 Å². The Bertz CT molecular complexity index is 453. The van der Waals surface area contributed by atoms with E-state index >= 15 is 0 Å². The Labute approximate surface area is 95.1 Å². The van der Waals surface area contributed by atoms with E-state index < -0.39 is 0 Å². The van der Waals surface area contributed by atoms with Crippen LogP contribution in [0.4, 0.5) is 0 Å². The maximum absolute atomic E-state index is 4.48. The lowest BCUT2D eigenvalue weighted by Gasteiger charge is -1.85. The molecule has 5 heteroatoms. The maximum atomic E-state index is 4.48. The van der Waals surface area contributed by atoms with Gasteiger partial charge >= 0.3 is 0 Å². The highest BCUT2D eigenvalue weighted by atomic mass is 32.2. The number of thiocarbonyl (C=S) groups is 1. The predicted octanol–water partition coefficient (Wildman–Crippen LogP) is 3.45. The SMILES string of the molecule is S=C=NCSc1nc2ccccc2s1. The standard InChI is InChI=1S/C9H6N2S3/c12-5-10-6-13-9-11-7-3-1-2-4-8(7)14-9/h1-4H,6H2. The molecule has 2 nitrogen and oxygen atoms in total. The van der Waals surface area contributed by atoms with Crippen LogP contribution in [-0.4, -0.2) is 16.0 Å². The molecule has 0 aliphatic carbocycles. The topological polar surface area (TPSA) is 25.2 Å². The third-order valence-electron chi connectivity index (χ3n) is 1.59. The summed E-state index contributed by atoms with van der Waals surface area (Å²) in [6, 6.07) is 8.09. The molecule has 0 amide bonds. The molecule has 14 heavy (non-hydrogen) atoms. The van der Waals surface area contributed by atoms with Gasteiger partial charge in [0.25, 0.3) is 0 Å². The number of thioether (sulfide) groups is 1. The summed E-state index contributed by atoms with van der Waals surface area (Å²) in [6.07, 6.45) is 0. The second-order valence-electron chi connectivity index (χ2n) is 2.47. The lowest BCUT2D eigenvalue weighted by molar-refractivity contribution is 1.29. The van der Waals surface area contributed by atoms with Crippen LogP contribution in [0, 0.1) is 0 Å². The van der Waals surface area contributed by atoms with Crippen molar-refractivity contribution in [2.45, 2.75) is 4.34 Å². The van der Waals surface area contributed by atoms with Crippen LogP contribution in [0.2, 0.25) is 0 Å². The molecule has 0 spiro atoms. The lowest BCUT2D eigenvalue weighted by atomic mass is 10.3. The summed E-state index contributed by atoms with van der Waals surface area (Å²) in [4.78, 5) is 8.28. The molecule has 0 saturated heterocycles. The molecule has 2 aromatic rings. The number of benzene rings is 1. The molecule has 0 saturated carbocycles. The van der Waals surface area contributed by atoms with Gasteiger partial charge in [0.15, 0.2) is 4.34 Å². The van der Waals surface area contributed by atoms with Crippen molar-refractivity contribution in [1.82, 2.24) is 4.98 Å². The quantitative estimate of drug-likeness (QED) is 0.465. The summed E-state index contributed by atoms with van der Waals surface area (Å²) >= 11 is 7.74. The maximum Gasteiger partial charge on any atom is 0.152 e. The zero-order valence-corrected chi connectivity index (χ0v) is 9.59. The van der Waals surface area contributed by atoms with Crippen molar-refractivity contribution < 1.29 is 0 Å². The number of rotatable bonds is 3. The third-order valence-corrected chi connectivity index (χ3v) is 3.75. The summed E-state index contributed by atoms with van der Waals surface area (Å²) in [5.41, 5.74) is 1.05. The molecule has 0 aliphatic heterocycles. The normalized spacial score (nSPS) is 10.0. The average Bonchev–Trinajstić information content (AvgIpc) is 2.60. The minimum absolute atomic E-state index is 0.601. The molecule has 0 radical (unpaired) electrons. The molecule has 0 atom stereocenters. The fourth-order valence-electron chi connectivity index (χ4n) is 1.03. The van der Waals surface area contributed by atoms with Gasteiger partial charge < -0.3 is 0 Å². The number of fused-ring (bicyclic) bond motifs is 1. The van der Waals surface area contributed by atoms with E-state index in [1.807, 2.05) is 18.2 Å². The van der Waals surface area contributed by atoms with Crippen LogP contribution in [0.5, 0.6) is 0 Å². The lowest BCUT2D eigenvalue weighted by Crippen LogP contribution is -1.71. The fraction of sp³-hybridized carbons (Fsp3) is 0.111. The van der Waals surface area contributed by atoms with E-state index in [2.05, 4.69) is 33.4 Å². The Morgan fingerprint density at radius 1 is 1.50 bits per heavy atom. The first kappa shape index (κ1) is 9.80. The smallest absolute Gasteiger partial charge is 0.152 e. The Morgan fingerprint density at radius 3 is 3.14 bits per heavy atom. The molecule has 0 unspecified atom stereocenters. The number of aliphatic imine (C=N–C) groups is 1. The van der Waals surface area contributed by atoms with Gasteiger partial charge in [-0.1, -0.05) is 23.9 Å². The van der Waals surface area contributed by atoms with E-state index in [-0.39, 0.29) is 0 Å². The van der Waals surface area contributed by atoms with Crippen LogP contribution in [-0.2, 0) is 0 Å². The zero-order valence-electron chi connectivity index (χ0n) is 7.14. The number of para-hydroxylation sites is 1. The predicted molar refractivity (Wildman–Crippen MR) is 65.4 cm³/mol. The number of isothiocyanates is 1. The first-order valence-electron chi connectivity index (χ1n) is 3.92. The first-order valence-corrected chi connectivity index (χ1v) is 6.13. The third kappa shape index (κ3) is 2.19. The zero-order chi connectivity index (χ0) is 9.80. The summed E-state index contributed by atoms with van der Waals surface area (Å²) in [5.74, 6) is 0.601. The van der Waals surface area contributed by atoms with E-state index in [0.29, 0.717) is 5.88 Å². The molecular formula is C9H6N2S3. The van der Waals surface area contributed by atoms with Gasteiger partial charge in [-0.15, -0.1) is 11.3 Å². The van der Waals surface area contributed by atoms with Crippen LogP contribution in [0.1, 0.15) is 0 Å². The van der Waals surface area contributed by atoms with Gasteiger partial charge in [-0.3, -0.25) is 0 Å². The summed E-state index contributed by atoms with van der Waals surface area (Å²) < 4.78 is 2.24. The van der Waals surface area contributed by atoms with E-state index in [1.54, 1.807) is 23.1 Å². The highest BCUT2D eigenvalue weighted by Gasteiger charge is 2.01. The molecule has 1 heterocycles. The Morgan fingerprint density at radius 2 is 2.36 bits per heavy atom. The minimum atomic E-state index is 0.601. The molecule has 0 bridgehead atoms. The Balaban J connectivity index is 2.22. The van der Waals surface area contributed by atoms with Crippen molar-refractivity contribution in [3.8, 4) is 0 Å². The molecule has 0 N–H and O–H groups in total. The minimum Gasteiger partial charge on any atom is -0.230 e. The van der Waals surface area contributed by atoms with Gasteiger partial charge in [0.2, 0.25) is 0 Å². The number of hydrogen-bond donors (Lipinski definition) is 0. The highest BCUT2D eigenvalue weighted by Crippen LogP contribution is 2.28. The van der Waals surface area contributed by atoms with E-state index in [4.69, 9.17) is 0 Å². The Hall–Kier alpha value is -0.740. The van der Waals surface area contributed by atoms with Crippen molar-refractivity contribution in [3.63, 3.8) is 0 Å². The van der Waals surface area contributed by atoms with Crippen LogP contribution < -0.4 is 0 Å². The largest absolute Gasteiger partial charge is 0.230 e. The second kappa shape index (κ2) is 4.66. The van der Waals surface area contributed by atoms with E-state index in [0.717, 1.165) is 9.86 Å². The number of hydrogen-bond acceptors (Lipinski definition) is 5. The van der Waals surface area contributed by atoms with Crippen molar-refractivity contribution in [1.29, 1.82) is 0 Å². The van der Waals surface area contributed by atoms with Gasteiger partial charge in [0.05, 0.1) is 15.4 Å². The van der Waals surface area contributed by atoms with E-state index in [1.165, 1.54) is 4.70 Å². The number of nitrogens with zero attached hydrogens (tertiary/aromatic N) is 2. The van der Waals surface area contributed by atoms with E-state index in [9.17, 15) is 0 Å². The molecule has 70 valence electrons. The highest BCUT2D eigenvalue weighted by molar-refractivity contribution is 8.01. The molecule has 1 aromatic carbocycles. The van der Waals surface area contributed by atoms with Crippen molar-refractivity contribution in [2.24, 2.45) is 4.99 Å². The van der Waals surface area contributed by atoms with Crippen LogP contribution in [0.3, 0.4) is 0 Å². The molecule has 2 rings (SSSR count). The van der Waals surface area contributed by atoms with Gasteiger partial charge in [-0.25, -0.2) is 9.98 Å². The van der Waals surface area contributed by atoms with Crippen LogP contribution in [0.25, 0.3) is 10.2 Å². The molecule has 0 fully saturated rings. The number of aromatic nitrogens is 1. The summed E-state index contributed by atoms with van der Waals surface area (Å²) in [5, 5.41) is 2.34. The summed E-state index contributed by atoms with van der Waals surface area (Å²) in [6.45, 7) is 0. The molecular weight excluding hydrogens is 232 g/mol. The number of thiazole rings is 1. The molecule has 1 aromatic heterocycles. The van der Waals surface area contributed by atoms with Crippen molar-refractivity contribution in [3.05, 3.63) is 24.3 Å². The average molecular weight is 238 g/mol. The van der Waals surface area contributed by atoms with Crippen molar-refractivity contribution in [2.75, 3.05) is 5.88 Å². The van der Waals surface area contributed by atoms with Gasteiger partial charge in [0, 0.05) is 0 Å². The Kier molecular flexibility index (Phi) is 3.26. The second-order valence-corrected chi connectivity index (χ2v) is 4.88. The molecule has 0 aliphatic rings. The summed E-state index contributed by atoms with van der Waals surface area (Å²) in [7, 11) is 0. The van der Waals surface area contributed by atoms with Crippen molar-refractivity contribution >= 4 is 50.7 Å².